The number of Topliss-reactive ketones (excluding diaryl/α,β-unsaturated/α-hetero) is 2. The monoisotopic (exact) mass is 328 g/mol. The summed E-state index contributed by atoms with van der Waals surface area (Å²) in [6.45, 7) is 0. The van der Waals surface area contributed by atoms with Crippen molar-refractivity contribution < 1.29 is 19.4 Å². The second kappa shape index (κ2) is 5.91. The third kappa shape index (κ3) is 2.62. The Kier molecular flexibility index (Phi) is 3.86. The van der Waals surface area contributed by atoms with Gasteiger partial charge in [-0.15, -0.1) is 0 Å². The number of carbonyl (C=O) groups is 2. The Morgan fingerprint density at radius 3 is 2.25 bits per heavy atom. The fraction of sp³-hybridized carbons (Fsp3) is 0.600. The van der Waals surface area contributed by atoms with Gasteiger partial charge in [-0.3, -0.25) is 9.59 Å². The number of ketones is 2. The normalized spacial score (nSPS) is 33.5. The smallest absolute Gasteiger partial charge is 0.173 e. The van der Waals surface area contributed by atoms with Gasteiger partial charge in [0.2, 0.25) is 0 Å². The standard InChI is InChI=1S/C20H24O4/c1-24-15-2-3-16(17(21)9-15)18(22)10-19(23)20-13-5-11-4-12(7-13)8-14(20)6-11/h2-3,9,11-14,20-21H,4-8,10H2,1H3. The molecule has 4 aliphatic rings. The van der Waals surface area contributed by atoms with Crippen LogP contribution in [0.25, 0.3) is 0 Å². The maximum atomic E-state index is 12.8. The fourth-order valence-electron chi connectivity index (χ4n) is 5.70. The third-order valence-corrected chi connectivity index (χ3v) is 6.44. The Morgan fingerprint density at radius 2 is 1.71 bits per heavy atom. The number of benzene rings is 1. The zero-order chi connectivity index (χ0) is 16.8. The summed E-state index contributed by atoms with van der Waals surface area (Å²) >= 11 is 0. The largest absolute Gasteiger partial charge is 0.507 e. The van der Waals surface area contributed by atoms with Crippen molar-refractivity contribution >= 4 is 11.6 Å². The summed E-state index contributed by atoms with van der Waals surface area (Å²) in [6.07, 6.45) is 5.95. The van der Waals surface area contributed by atoms with Crippen LogP contribution in [0.3, 0.4) is 0 Å². The first-order valence-electron chi connectivity index (χ1n) is 8.98. The summed E-state index contributed by atoms with van der Waals surface area (Å²) in [5.74, 6) is 2.88. The highest BCUT2D eigenvalue weighted by molar-refractivity contribution is 6.10. The molecule has 4 bridgehead atoms. The van der Waals surface area contributed by atoms with Crippen LogP contribution in [0.2, 0.25) is 0 Å². The number of hydrogen-bond acceptors (Lipinski definition) is 4. The molecule has 0 spiro atoms. The third-order valence-electron chi connectivity index (χ3n) is 6.44. The van der Waals surface area contributed by atoms with Gasteiger partial charge in [0, 0.05) is 12.0 Å². The Morgan fingerprint density at radius 1 is 1.08 bits per heavy atom. The molecule has 5 rings (SSSR count). The van der Waals surface area contributed by atoms with Gasteiger partial charge in [-0.2, -0.15) is 0 Å². The number of rotatable bonds is 5. The van der Waals surface area contributed by atoms with E-state index >= 15 is 0 Å². The molecule has 0 aliphatic heterocycles. The second-order valence-corrected chi connectivity index (χ2v) is 7.91. The van der Waals surface area contributed by atoms with Gasteiger partial charge in [0.25, 0.3) is 0 Å². The van der Waals surface area contributed by atoms with Crippen molar-refractivity contribution in [3.05, 3.63) is 23.8 Å². The molecule has 4 saturated carbocycles. The van der Waals surface area contributed by atoms with Gasteiger partial charge in [-0.25, -0.2) is 0 Å². The highest BCUT2D eigenvalue weighted by atomic mass is 16.5. The van der Waals surface area contributed by atoms with E-state index in [0.717, 1.165) is 11.8 Å². The average Bonchev–Trinajstić information content (AvgIpc) is 2.53. The Bertz CT molecular complexity index is 650. The zero-order valence-corrected chi connectivity index (χ0v) is 14.0. The highest BCUT2D eigenvalue weighted by Gasteiger charge is 2.50. The number of phenols is 1. The van der Waals surface area contributed by atoms with Crippen molar-refractivity contribution in [3.63, 3.8) is 0 Å². The van der Waals surface area contributed by atoms with Gasteiger partial charge in [0.1, 0.15) is 17.3 Å². The molecule has 24 heavy (non-hydrogen) atoms. The van der Waals surface area contributed by atoms with E-state index in [-0.39, 0.29) is 35.2 Å². The summed E-state index contributed by atoms with van der Waals surface area (Å²) in [6, 6.07) is 4.60. The summed E-state index contributed by atoms with van der Waals surface area (Å²) in [5.41, 5.74) is 0.216. The van der Waals surface area contributed by atoms with Gasteiger partial charge in [0.05, 0.1) is 19.1 Å². The molecule has 0 unspecified atom stereocenters. The van der Waals surface area contributed by atoms with E-state index in [4.69, 9.17) is 4.74 Å². The lowest BCUT2D eigenvalue weighted by molar-refractivity contribution is -0.134. The average molecular weight is 328 g/mol. The lowest BCUT2D eigenvalue weighted by Crippen LogP contribution is -2.48. The number of carbonyl (C=O) groups excluding carboxylic acids is 2. The lowest BCUT2D eigenvalue weighted by atomic mass is 9.51. The number of aromatic hydroxyl groups is 1. The molecular weight excluding hydrogens is 304 g/mol. The van der Waals surface area contributed by atoms with Crippen LogP contribution < -0.4 is 4.74 Å². The second-order valence-electron chi connectivity index (χ2n) is 7.91. The number of ether oxygens (including phenoxy) is 1. The fourth-order valence-corrected chi connectivity index (χ4v) is 5.70. The van der Waals surface area contributed by atoms with Crippen LogP contribution in [0.4, 0.5) is 0 Å². The van der Waals surface area contributed by atoms with Gasteiger partial charge < -0.3 is 9.84 Å². The predicted molar refractivity (Wildman–Crippen MR) is 89.1 cm³/mol. The minimum atomic E-state index is -0.283. The molecule has 0 heterocycles. The number of hydrogen-bond donors (Lipinski definition) is 1. The quantitative estimate of drug-likeness (QED) is 0.662. The molecule has 0 aromatic heterocycles. The van der Waals surface area contributed by atoms with Crippen LogP contribution in [0, 0.1) is 29.6 Å². The zero-order valence-electron chi connectivity index (χ0n) is 14.0. The summed E-state index contributed by atoms with van der Waals surface area (Å²) in [5, 5.41) is 10.0. The van der Waals surface area contributed by atoms with Gasteiger partial charge in [0.15, 0.2) is 5.78 Å². The first-order valence-corrected chi connectivity index (χ1v) is 8.98. The topological polar surface area (TPSA) is 63.6 Å². The maximum Gasteiger partial charge on any atom is 0.173 e. The van der Waals surface area contributed by atoms with E-state index < -0.39 is 0 Å². The van der Waals surface area contributed by atoms with Crippen molar-refractivity contribution in [2.24, 2.45) is 29.6 Å². The van der Waals surface area contributed by atoms with E-state index in [1.54, 1.807) is 12.1 Å². The lowest BCUT2D eigenvalue weighted by Gasteiger charge is -2.53. The van der Waals surface area contributed by atoms with Crippen molar-refractivity contribution in [1.82, 2.24) is 0 Å². The molecule has 0 atom stereocenters. The van der Waals surface area contributed by atoms with Crippen LogP contribution in [0.15, 0.2) is 18.2 Å². The van der Waals surface area contributed by atoms with Gasteiger partial charge in [-0.1, -0.05) is 0 Å². The van der Waals surface area contributed by atoms with Crippen molar-refractivity contribution in [3.8, 4) is 11.5 Å². The number of phenolic OH excluding ortho intramolecular Hbond substituents is 1. The van der Waals surface area contributed by atoms with Crippen LogP contribution in [-0.4, -0.2) is 23.8 Å². The van der Waals surface area contributed by atoms with E-state index in [0.29, 0.717) is 17.6 Å². The SMILES string of the molecule is COc1ccc(C(=O)CC(=O)C2C3CC4CC(C3)CC2C4)c(O)c1. The maximum absolute atomic E-state index is 12.8. The summed E-state index contributed by atoms with van der Waals surface area (Å²) in [7, 11) is 1.51. The molecule has 4 fully saturated rings. The minimum Gasteiger partial charge on any atom is -0.507 e. The molecule has 1 N–H and O–H groups in total. The molecular formula is C20H24O4. The molecule has 0 saturated heterocycles. The summed E-state index contributed by atoms with van der Waals surface area (Å²) < 4.78 is 5.03. The van der Waals surface area contributed by atoms with E-state index in [2.05, 4.69) is 0 Å². The molecule has 4 nitrogen and oxygen atoms in total. The van der Waals surface area contributed by atoms with Crippen LogP contribution >= 0.6 is 0 Å². The van der Waals surface area contributed by atoms with Gasteiger partial charge >= 0.3 is 0 Å². The van der Waals surface area contributed by atoms with E-state index in [1.165, 1.54) is 45.3 Å². The van der Waals surface area contributed by atoms with Crippen LogP contribution in [0.5, 0.6) is 11.5 Å². The molecule has 1 aromatic carbocycles. The van der Waals surface area contributed by atoms with Crippen LogP contribution in [-0.2, 0) is 4.79 Å². The first kappa shape index (κ1) is 15.7. The molecule has 0 amide bonds. The van der Waals surface area contributed by atoms with E-state index in [9.17, 15) is 14.7 Å². The van der Waals surface area contributed by atoms with Crippen LogP contribution in [0.1, 0.15) is 48.9 Å². The van der Waals surface area contributed by atoms with Crippen molar-refractivity contribution in [2.45, 2.75) is 38.5 Å². The Labute approximate surface area is 142 Å². The Balaban J connectivity index is 1.47. The van der Waals surface area contributed by atoms with Crippen molar-refractivity contribution in [1.29, 1.82) is 0 Å². The molecule has 4 aliphatic carbocycles. The number of methoxy groups -OCH3 is 1. The minimum absolute atomic E-state index is 0.0714. The summed E-state index contributed by atoms with van der Waals surface area (Å²) in [4.78, 5) is 25.3. The van der Waals surface area contributed by atoms with Gasteiger partial charge in [-0.05, 0) is 67.9 Å². The Hall–Kier alpha value is -1.84. The molecule has 1 aromatic rings. The molecule has 4 heteroatoms. The van der Waals surface area contributed by atoms with E-state index in [1.807, 2.05) is 0 Å². The predicted octanol–water partition coefficient (Wildman–Crippen LogP) is 3.62. The van der Waals surface area contributed by atoms with Crippen molar-refractivity contribution in [2.75, 3.05) is 7.11 Å². The molecule has 128 valence electrons. The molecule has 0 radical (unpaired) electrons. The first-order chi connectivity index (χ1) is 11.5. The highest BCUT2D eigenvalue weighted by Crippen LogP contribution is 2.56.